The number of carbonyl (C=O) groups excluding carboxylic acids is 3. The van der Waals surface area contributed by atoms with Crippen molar-refractivity contribution in [2.45, 2.75) is 31.9 Å². The molecule has 2 rings (SSSR count). The molecule has 0 aliphatic carbocycles. The molecule has 0 spiro atoms. The Bertz CT molecular complexity index is 914. The van der Waals surface area contributed by atoms with Gasteiger partial charge in [0.15, 0.2) is 0 Å². The summed E-state index contributed by atoms with van der Waals surface area (Å²) in [4.78, 5) is 38.2. The highest BCUT2D eigenvalue weighted by atomic mass is 32.2. The van der Waals surface area contributed by atoms with Gasteiger partial charge < -0.3 is 20.3 Å². The number of hydrogen-bond donors (Lipinski definition) is 2. The number of carbonyl (C=O) groups is 3. The van der Waals surface area contributed by atoms with Gasteiger partial charge in [0.05, 0.1) is 6.26 Å². The Morgan fingerprint density at radius 2 is 1.79 bits per heavy atom. The highest BCUT2D eigenvalue weighted by Crippen LogP contribution is 2.11. The van der Waals surface area contributed by atoms with Gasteiger partial charge >= 0.3 is 6.09 Å². The van der Waals surface area contributed by atoms with Gasteiger partial charge in [-0.15, -0.1) is 0 Å². The third-order valence-corrected chi connectivity index (χ3v) is 6.53. The van der Waals surface area contributed by atoms with Crippen molar-refractivity contribution >= 4 is 27.9 Å². The predicted octanol–water partition coefficient (Wildman–Crippen LogP) is 0.858. The Morgan fingerprint density at radius 3 is 2.39 bits per heavy atom. The number of amides is 3. The predicted molar refractivity (Wildman–Crippen MR) is 124 cm³/mol. The number of hydrogen-bond acceptors (Lipinski definition) is 6. The van der Waals surface area contributed by atoms with Crippen LogP contribution in [-0.4, -0.2) is 80.6 Å². The van der Waals surface area contributed by atoms with Gasteiger partial charge in [0.25, 0.3) is 0 Å². The molecule has 11 heteroatoms. The van der Waals surface area contributed by atoms with Crippen LogP contribution in [0.25, 0.3) is 0 Å². The molecule has 1 aliphatic heterocycles. The molecule has 3 amide bonds. The average molecular weight is 481 g/mol. The molecule has 2 N–H and O–H groups in total. The molecule has 0 saturated carbocycles. The summed E-state index contributed by atoms with van der Waals surface area (Å²) in [6.45, 7) is 4.82. The Hall–Kier alpha value is -2.92. The lowest BCUT2D eigenvalue weighted by Gasteiger charge is -2.35. The van der Waals surface area contributed by atoms with Crippen LogP contribution in [-0.2, 0) is 31.0 Å². The molecule has 0 unspecified atom stereocenters. The van der Waals surface area contributed by atoms with E-state index in [2.05, 4.69) is 17.2 Å². The van der Waals surface area contributed by atoms with E-state index in [0.29, 0.717) is 25.8 Å². The van der Waals surface area contributed by atoms with E-state index < -0.39 is 22.2 Å². The maximum Gasteiger partial charge on any atom is 0.408 e. The smallest absolute Gasteiger partial charge is 0.408 e. The quantitative estimate of drug-likeness (QED) is 0.357. The van der Waals surface area contributed by atoms with Crippen molar-refractivity contribution < 1.29 is 27.5 Å². The third-order valence-electron chi connectivity index (χ3n) is 5.23. The molecule has 1 saturated heterocycles. The van der Waals surface area contributed by atoms with Crippen molar-refractivity contribution in [3.8, 4) is 0 Å². The molecule has 0 aromatic heterocycles. The summed E-state index contributed by atoms with van der Waals surface area (Å²) < 4.78 is 30.0. The van der Waals surface area contributed by atoms with Crippen LogP contribution in [0.1, 0.15) is 24.8 Å². The van der Waals surface area contributed by atoms with Crippen LogP contribution in [0.3, 0.4) is 0 Å². The van der Waals surface area contributed by atoms with Gasteiger partial charge in [0.1, 0.15) is 12.6 Å². The van der Waals surface area contributed by atoms with Crippen LogP contribution in [0, 0.1) is 0 Å². The molecule has 1 fully saturated rings. The largest absolute Gasteiger partial charge is 0.445 e. The number of nitrogens with one attached hydrogen (secondary N) is 2. The van der Waals surface area contributed by atoms with Gasteiger partial charge in [-0.1, -0.05) is 36.9 Å². The van der Waals surface area contributed by atoms with Gasteiger partial charge in [-0.05, 0) is 30.9 Å². The maximum atomic E-state index is 13.1. The Kier molecular flexibility index (Phi) is 10.3. The second-order valence-electron chi connectivity index (χ2n) is 7.74. The first kappa shape index (κ1) is 26.3. The lowest BCUT2D eigenvalue weighted by molar-refractivity contribution is -0.134. The standard InChI is InChI=1S/C22H32N4O6S/c1-3-20(27)23-12-8-7-11-19(24-22(29)32-17-18-9-5-4-6-10-18)21(28)25-13-15-26(16-14-25)33(2,30)31/h3-6,9-10,19H,1,7-8,11-17H2,2H3,(H,23,27)(H,24,29)/t19-/m0/s1. The zero-order valence-electron chi connectivity index (χ0n) is 18.9. The highest BCUT2D eigenvalue weighted by Gasteiger charge is 2.31. The summed E-state index contributed by atoms with van der Waals surface area (Å²) >= 11 is 0. The van der Waals surface area contributed by atoms with Crippen LogP contribution in [0.15, 0.2) is 43.0 Å². The Labute approximate surface area is 195 Å². The molecule has 1 aromatic rings. The molecule has 1 aliphatic rings. The van der Waals surface area contributed by atoms with Gasteiger partial charge in [-0.3, -0.25) is 9.59 Å². The lowest BCUT2D eigenvalue weighted by Crippen LogP contribution is -2.55. The molecule has 10 nitrogen and oxygen atoms in total. The first-order valence-electron chi connectivity index (χ1n) is 10.8. The summed E-state index contributed by atoms with van der Waals surface area (Å²) in [6, 6.07) is 8.38. The molecule has 1 heterocycles. The summed E-state index contributed by atoms with van der Waals surface area (Å²) in [5, 5.41) is 5.32. The van der Waals surface area contributed by atoms with E-state index in [1.54, 1.807) is 4.90 Å². The van der Waals surface area contributed by atoms with Crippen LogP contribution in [0.2, 0.25) is 0 Å². The fourth-order valence-electron chi connectivity index (χ4n) is 3.38. The van der Waals surface area contributed by atoms with E-state index in [1.165, 1.54) is 10.4 Å². The normalized spacial score (nSPS) is 15.4. The number of benzene rings is 1. The topological polar surface area (TPSA) is 125 Å². The third kappa shape index (κ3) is 9.22. The highest BCUT2D eigenvalue weighted by molar-refractivity contribution is 7.88. The minimum Gasteiger partial charge on any atom is -0.445 e. The summed E-state index contributed by atoms with van der Waals surface area (Å²) in [6.07, 6.45) is 3.18. The SMILES string of the molecule is C=CC(=O)NCCCC[C@H](NC(=O)OCc1ccccc1)C(=O)N1CCN(S(C)(=O)=O)CC1. The van der Waals surface area contributed by atoms with Gasteiger partial charge in [-0.25, -0.2) is 13.2 Å². The van der Waals surface area contributed by atoms with Crippen molar-refractivity contribution in [1.82, 2.24) is 19.8 Å². The number of rotatable bonds is 11. The van der Waals surface area contributed by atoms with E-state index in [4.69, 9.17) is 4.74 Å². The summed E-state index contributed by atoms with van der Waals surface area (Å²) in [5.74, 6) is -0.552. The second-order valence-corrected chi connectivity index (χ2v) is 9.72. The number of sulfonamides is 1. The summed E-state index contributed by atoms with van der Waals surface area (Å²) in [7, 11) is -3.31. The van der Waals surface area contributed by atoms with E-state index in [1.807, 2.05) is 30.3 Å². The molecule has 1 atom stereocenters. The van der Waals surface area contributed by atoms with Crippen LogP contribution in [0.4, 0.5) is 4.79 Å². The molecular weight excluding hydrogens is 448 g/mol. The van der Waals surface area contributed by atoms with Gasteiger partial charge in [0.2, 0.25) is 21.8 Å². The fraction of sp³-hybridized carbons (Fsp3) is 0.500. The molecule has 0 bridgehead atoms. The average Bonchev–Trinajstić information content (AvgIpc) is 2.81. The molecule has 33 heavy (non-hydrogen) atoms. The van der Waals surface area contributed by atoms with Crippen molar-refractivity contribution in [2.75, 3.05) is 39.0 Å². The fourth-order valence-corrected chi connectivity index (χ4v) is 4.21. The molecule has 1 aromatic carbocycles. The van der Waals surface area contributed by atoms with Crippen molar-refractivity contribution in [3.05, 3.63) is 48.6 Å². The second kappa shape index (κ2) is 12.9. The van der Waals surface area contributed by atoms with Crippen molar-refractivity contribution in [1.29, 1.82) is 0 Å². The van der Waals surface area contributed by atoms with Crippen molar-refractivity contribution in [2.24, 2.45) is 0 Å². The minimum absolute atomic E-state index is 0.0776. The van der Waals surface area contributed by atoms with Gasteiger partial charge in [-0.2, -0.15) is 4.31 Å². The van der Waals surface area contributed by atoms with Crippen LogP contribution in [0.5, 0.6) is 0 Å². The van der Waals surface area contributed by atoms with E-state index in [0.717, 1.165) is 11.8 Å². The zero-order valence-corrected chi connectivity index (χ0v) is 19.7. The molecular formula is C22H32N4O6S. The van der Waals surface area contributed by atoms with Crippen LogP contribution >= 0.6 is 0 Å². The van der Waals surface area contributed by atoms with Crippen molar-refractivity contribution in [3.63, 3.8) is 0 Å². The first-order chi connectivity index (χ1) is 15.7. The van der Waals surface area contributed by atoms with Gasteiger partial charge in [0, 0.05) is 32.7 Å². The Morgan fingerprint density at radius 1 is 1.12 bits per heavy atom. The van der Waals surface area contributed by atoms with E-state index >= 15 is 0 Å². The number of alkyl carbamates (subject to hydrolysis) is 1. The number of nitrogens with zero attached hydrogens (tertiary/aromatic N) is 2. The van der Waals surface area contributed by atoms with E-state index in [9.17, 15) is 22.8 Å². The minimum atomic E-state index is -3.31. The zero-order chi connectivity index (χ0) is 24.3. The number of ether oxygens (including phenoxy) is 1. The maximum absolute atomic E-state index is 13.1. The molecule has 0 radical (unpaired) electrons. The van der Waals surface area contributed by atoms with Crippen LogP contribution < -0.4 is 10.6 Å². The lowest BCUT2D eigenvalue weighted by atomic mass is 10.1. The number of unbranched alkanes of at least 4 members (excludes halogenated alkanes) is 1. The summed E-state index contributed by atoms with van der Waals surface area (Å²) in [5.41, 5.74) is 0.824. The number of piperazine rings is 1. The molecule has 182 valence electrons. The monoisotopic (exact) mass is 480 g/mol. The van der Waals surface area contributed by atoms with E-state index in [-0.39, 0.29) is 44.6 Å². The Balaban J connectivity index is 1.92. The first-order valence-corrected chi connectivity index (χ1v) is 12.7.